The third-order valence-electron chi connectivity index (χ3n) is 2.55. The van der Waals surface area contributed by atoms with E-state index in [0.717, 1.165) is 16.6 Å². The second-order valence-corrected chi connectivity index (χ2v) is 4.28. The summed E-state index contributed by atoms with van der Waals surface area (Å²) < 4.78 is 0. The van der Waals surface area contributed by atoms with E-state index in [4.69, 9.17) is 5.11 Å². The molecule has 1 heterocycles. The number of benzene rings is 1. The average Bonchev–Trinajstić information content (AvgIpc) is 2.36. The van der Waals surface area contributed by atoms with Crippen molar-refractivity contribution in [3.8, 4) is 0 Å². The topological polar surface area (TPSA) is 78.3 Å². The zero-order valence-corrected chi connectivity index (χ0v) is 9.59. The summed E-state index contributed by atoms with van der Waals surface area (Å²) in [7, 11) is 0. The second-order valence-electron chi connectivity index (χ2n) is 4.28. The molecule has 1 aromatic heterocycles. The van der Waals surface area contributed by atoms with Gasteiger partial charge in [-0.2, -0.15) is 10.2 Å². The molecule has 0 fully saturated rings. The molecule has 0 aliphatic rings. The summed E-state index contributed by atoms with van der Waals surface area (Å²) in [5.74, 6) is 0. The standard InChI is InChI=1S/C12H15N3O2/c1-12(17,8-16)7-13-11-6-14-15-10-5-3-2-4-9(10)11/h2-6,16-17H,7-8H2,1H3,(H,13,15). The summed E-state index contributed by atoms with van der Waals surface area (Å²) in [6, 6.07) is 7.61. The molecule has 17 heavy (non-hydrogen) atoms. The van der Waals surface area contributed by atoms with Crippen LogP contribution in [0.3, 0.4) is 0 Å². The molecule has 90 valence electrons. The zero-order valence-electron chi connectivity index (χ0n) is 9.59. The minimum Gasteiger partial charge on any atom is -0.393 e. The number of hydrogen-bond donors (Lipinski definition) is 3. The Kier molecular flexibility index (Phi) is 3.21. The highest BCUT2D eigenvalue weighted by Gasteiger charge is 2.18. The lowest BCUT2D eigenvalue weighted by atomic mass is 10.1. The highest BCUT2D eigenvalue weighted by Crippen LogP contribution is 2.20. The van der Waals surface area contributed by atoms with Gasteiger partial charge >= 0.3 is 0 Å². The molecule has 5 nitrogen and oxygen atoms in total. The molecule has 0 amide bonds. The first kappa shape index (κ1) is 11.8. The Balaban J connectivity index is 2.24. The molecule has 0 aliphatic heterocycles. The molecule has 5 heteroatoms. The Morgan fingerprint density at radius 2 is 2.12 bits per heavy atom. The van der Waals surface area contributed by atoms with Gasteiger partial charge in [0.15, 0.2) is 0 Å². The monoisotopic (exact) mass is 233 g/mol. The van der Waals surface area contributed by atoms with Crippen LogP contribution in [0.25, 0.3) is 10.9 Å². The normalized spacial score (nSPS) is 14.5. The van der Waals surface area contributed by atoms with E-state index in [0.29, 0.717) is 0 Å². The van der Waals surface area contributed by atoms with Crippen LogP contribution in [-0.4, -0.2) is 39.2 Å². The summed E-state index contributed by atoms with van der Waals surface area (Å²) in [5.41, 5.74) is 0.440. The van der Waals surface area contributed by atoms with E-state index >= 15 is 0 Å². The summed E-state index contributed by atoms with van der Waals surface area (Å²) in [4.78, 5) is 0. The summed E-state index contributed by atoms with van der Waals surface area (Å²) in [5, 5.41) is 30.6. The van der Waals surface area contributed by atoms with Crippen LogP contribution in [0.2, 0.25) is 0 Å². The van der Waals surface area contributed by atoms with Crippen molar-refractivity contribution in [3.63, 3.8) is 0 Å². The Labute approximate surface area is 99.1 Å². The highest BCUT2D eigenvalue weighted by molar-refractivity contribution is 5.90. The van der Waals surface area contributed by atoms with E-state index in [1.54, 1.807) is 13.1 Å². The molecule has 0 aliphatic carbocycles. The van der Waals surface area contributed by atoms with E-state index in [1.165, 1.54) is 0 Å². The largest absolute Gasteiger partial charge is 0.393 e. The maximum Gasteiger partial charge on any atom is 0.102 e. The first-order chi connectivity index (χ1) is 8.12. The maximum atomic E-state index is 9.71. The van der Waals surface area contributed by atoms with Crippen molar-refractivity contribution < 1.29 is 10.2 Å². The van der Waals surface area contributed by atoms with Crippen LogP contribution in [-0.2, 0) is 0 Å². The lowest BCUT2D eigenvalue weighted by molar-refractivity contribution is 0.0132. The first-order valence-corrected chi connectivity index (χ1v) is 5.40. The number of aliphatic hydroxyl groups excluding tert-OH is 1. The quantitative estimate of drug-likeness (QED) is 0.727. The molecule has 1 unspecified atom stereocenters. The van der Waals surface area contributed by atoms with Gasteiger partial charge in [-0.05, 0) is 13.0 Å². The van der Waals surface area contributed by atoms with Gasteiger partial charge in [-0.25, -0.2) is 0 Å². The van der Waals surface area contributed by atoms with E-state index in [-0.39, 0.29) is 13.2 Å². The molecule has 3 N–H and O–H groups in total. The number of aliphatic hydroxyl groups is 2. The predicted octanol–water partition coefficient (Wildman–Crippen LogP) is 0.785. The number of nitrogens with zero attached hydrogens (tertiary/aromatic N) is 2. The first-order valence-electron chi connectivity index (χ1n) is 5.40. The molecule has 0 saturated heterocycles. The second kappa shape index (κ2) is 4.65. The Bertz CT molecular complexity index is 509. The van der Waals surface area contributed by atoms with Crippen molar-refractivity contribution in [2.45, 2.75) is 12.5 Å². The molecule has 2 aromatic rings. The van der Waals surface area contributed by atoms with Crippen molar-refractivity contribution in [1.29, 1.82) is 0 Å². The SMILES string of the molecule is CC(O)(CO)CNc1cnnc2ccccc12. The van der Waals surface area contributed by atoms with E-state index < -0.39 is 5.60 Å². The van der Waals surface area contributed by atoms with Crippen molar-refractivity contribution >= 4 is 16.6 Å². The van der Waals surface area contributed by atoms with Gasteiger partial charge in [-0.15, -0.1) is 0 Å². The predicted molar refractivity (Wildman–Crippen MR) is 65.7 cm³/mol. The van der Waals surface area contributed by atoms with Crippen molar-refractivity contribution in [2.24, 2.45) is 0 Å². The van der Waals surface area contributed by atoms with Gasteiger partial charge in [0.1, 0.15) is 5.60 Å². The molecule has 2 rings (SSSR count). The number of fused-ring (bicyclic) bond motifs is 1. The number of rotatable bonds is 4. The summed E-state index contributed by atoms with van der Waals surface area (Å²) >= 11 is 0. The van der Waals surface area contributed by atoms with Crippen molar-refractivity contribution in [3.05, 3.63) is 30.5 Å². The Morgan fingerprint density at radius 1 is 1.35 bits per heavy atom. The van der Waals surface area contributed by atoms with Gasteiger partial charge in [0.05, 0.1) is 24.0 Å². The number of anilines is 1. The van der Waals surface area contributed by atoms with Crippen LogP contribution in [0.4, 0.5) is 5.69 Å². The maximum absolute atomic E-state index is 9.71. The molecule has 1 aromatic carbocycles. The van der Waals surface area contributed by atoms with Crippen LogP contribution in [0.15, 0.2) is 30.5 Å². The molecule has 0 spiro atoms. The van der Waals surface area contributed by atoms with Gasteiger partial charge in [-0.1, -0.05) is 18.2 Å². The smallest absolute Gasteiger partial charge is 0.102 e. The third kappa shape index (κ3) is 2.69. The molecular formula is C12H15N3O2. The van der Waals surface area contributed by atoms with E-state index in [1.807, 2.05) is 24.3 Å². The van der Waals surface area contributed by atoms with Crippen LogP contribution in [0, 0.1) is 0 Å². The van der Waals surface area contributed by atoms with Crippen LogP contribution in [0.1, 0.15) is 6.92 Å². The van der Waals surface area contributed by atoms with E-state index in [2.05, 4.69) is 15.5 Å². The number of hydrogen-bond acceptors (Lipinski definition) is 5. The average molecular weight is 233 g/mol. The lowest BCUT2D eigenvalue weighted by Gasteiger charge is -2.21. The van der Waals surface area contributed by atoms with E-state index in [9.17, 15) is 5.11 Å². The molecule has 0 radical (unpaired) electrons. The lowest BCUT2D eigenvalue weighted by Crippen LogP contribution is -2.37. The van der Waals surface area contributed by atoms with Crippen molar-refractivity contribution in [2.75, 3.05) is 18.5 Å². The van der Waals surface area contributed by atoms with Gasteiger partial charge in [-0.3, -0.25) is 0 Å². The van der Waals surface area contributed by atoms with Crippen LogP contribution < -0.4 is 5.32 Å². The summed E-state index contributed by atoms with van der Waals surface area (Å²) in [6.45, 7) is 1.52. The Hall–Kier alpha value is -1.72. The van der Waals surface area contributed by atoms with Gasteiger partial charge in [0.25, 0.3) is 0 Å². The zero-order chi connectivity index (χ0) is 12.3. The van der Waals surface area contributed by atoms with Gasteiger partial charge in [0.2, 0.25) is 0 Å². The fourth-order valence-electron chi connectivity index (χ4n) is 1.49. The van der Waals surface area contributed by atoms with Gasteiger partial charge < -0.3 is 15.5 Å². The Morgan fingerprint density at radius 3 is 2.88 bits per heavy atom. The number of nitrogens with one attached hydrogen (secondary N) is 1. The van der Waals surface area contributed by atoms with Gasteiger partial charge in [0, 0.05) is 11.9 Å². The minimum absolute atomic E-state index is 0.249. The van der Waals surface area contributed by atoms with Crippen molar-refractivity contribution in [1.82, 2.24) is 10.2 Å². The molecular weight excluding hydrogens is 218 g/mol. The number of aromatic nitrogens is 2. The fourth-order valence-corrected chi connectivity index (χ4v) is 1.49. The minimum atomic E-state index is -1.15. The molecule has 0 saturated carbocycles. The summed E-state index contributed by atoms with van der Waals surface area (Å²) in [6.07, 6.45) is 1.61. The molecule has 1 atom stereocenters. The van der Waals surface area contributed by atoms with Crippen LogP contribution in [0.5, 0.6) is 0 Å². The molecule has 0 bridgehead atoms. The highest BCUT2D eigenvalue weighted by atomic mass is 16.3. The van der Waals surface area contributed by atoms with Crippen LogP contribution >= 0.6 is 0 Å². The fraction of sp³-hybridized carbons (Fsp3) is 0.333. The third-order valence-corrected chi connectivity index (χ3v) is 2.55.